The lowest BCUT2D eigenvalue weighted by molar-refractivity contribution is -0.00850. The summed E-state index contributed by atoms with van der Waals surface area (Å²) in [6, 6.07) is 9.29. The van der Waals surface area contributed by atoms with Gasteiger partial charge in [0.1, 0.15) is 42.0 Å². The Hall–Kier alpha value is -3.66. The van der Waals surface area contributed by atoms with Crippen LogP contribution < -0.4 is 0 Å². The van der Waals surface area contributed by atoms with Crippen molar-refractivity contribution >= 4 is 0 Å². The zero-order chi connectivity index (χ0) is 20.4. The Morgan fingerprint density at radius 1 is 0.966 bits per heavy atom. The highest BCUT2D eigenvalue weighted by Crippen LogP contribution is 2.28. The Labute approximate surface area is 163 Å². The lowest BCUT2D eigenvalue weighted by Gasteiger charge is -2.28. The smallest absolute Gasteiger partial charge is 0.181 e. The predicted molar refractivity (Wildman–Crippen MR) is 97.4 cm³/mol. The van der Waals surface area contributed by atoms with E-state index in [1.165, 1.54) is 46.5 Å². The summed E-state index contributed by atoms with van der Waals surface area (Å²) in [6.45, 7) is -0.301. The number of halogens is 2. The van der Waals surface area contributed by atoms with Gasteiger partial charge in [0, 0.05) is 17.2 Å². The van der Waals surface area contributed by atoms with Gasteiger partial charge in [-0.05, 0) is 30.3 Å². The van der Waals surface area contributed by atoms with Crippen LogP contribution in [0.5, 0.6) is 5.75 Å². The van der Waals surface area contributed by atoms with Crippen LogP contribution in [0.15, 0.2) is 61.4 Å². The van der Waals surface area contributed by atoms with Crippen LogP contribution in [0.2, 0.25) is 0 Å². The third-order valence-corrected chi connectivity index (χ3v) is 4.41. The molecule has 2 N–H and O–H groups in total. The van der Waals surface area contributed by atoms with Crippen LogP contribution in [0.1, 0.15) is 5.56 Å². The zero-order valence-electron chi connectivity index (χ0n) is 15.0. The average Bonchev–Trinajstić information content (AvgIpc) is 3.34. The van der Waals surface area contributed by atoms with Crippen LogP contribution >= 0.6 is 0 Å². The minimum absolute atomic E-state index is 0.101. The lowest BCUT2D eigenvalue weighted by atomic mass is 9.93. The Morgan fingerprint density at radius 3 is 2.41 bits per heavy atom. The summed E-state index contributed by atoms with van der Waals surface area (Å²) in [4.78, 5) is 8.02. The van der Waals surface area contributed by atoms with Crippen molar-refractivity contribution in [3.05, 3.63) is 78.6 Å². The first kappa shape index (κ1) is 18.7. The number of hydrogen-bond acceptors (Lipinski definition) is 6. The number of benzene rings is 2. The molecule has 8 nitrogen and oxygen atoms in total. The van der Waals surface area contributed by atoms with Gasteiger partial charge in [0.05, 0.1) is 13.1 Å². The van der Waals surface area contributed by atoms with Gasteiger partial charge in [-0.1, -0.05) is 6.07 Å². The van der Waals surface area contributed by atoms with E-state index in [0.717, 1.165) is 6.07 Å². The van der Waals surface area contributed by atoms with Gasteiger partial charge in [0.2, 0.25) is 0 Å². The molecule has 4 rings (SSSR count). The number of rotatable bonds is 6. The van der Waals surface area contributed by atoms with Gasteiger partial charge in [-0.2, -0.15) is 10.2 Å². The maximum atomic E-state index is 14.5. The van der Waals surface area contributed by atoms with Gasteiger partial charge in [0.25, 0.3) is 0 Å². The monoisotopic (exact) mass is 398 g/mol. The van der Waals surface area contributed by atoms with E-state index in [4.69, 9.17) is 0 Å². The maximum Gasteiger partial charge on any atom is 0.181 e. The van der Waals surface area contributed by atoms with Gasteiger partial charge in [-0.25, -0.2) is 28.1 Å². The standard InChI is InChI=1S/C19H16F2N6O2/c20-14-3-6-16(17(21)7-14)19(29,8-26-11-22-10-24-26)9-27-12-23-18(25-27)13-1-4-15(28)5-2-13/h1-7,10-12,28-29H,8-9H2. The van der Waals surface area contributed by atoms with Gasteiger partial charge in [-0.15, -0.1) is 0 Å². The molecule has 2 aromatic heterocycles. The number of nitrogens with zero attached hydrogens (tertiary/aromatic N) is 6. The first-order valence-electron chi connectivity index (χ1n) is 8.62. The maximum absolute atomic E-state index is 14.5. The molecule has 0 amide bonds. The van der Waals surface area contributed by atoms with E-state index >= 15 is 0 Å². The Bertz CT molecular complexity index is 1110. The average molecular weight is 398 g/mol. The van der Waals surface area contributed by atoms with Crippen molar-refractivity contribution in [2.45, 2.75) is 18.7 Å². The van der Waals surface area contributed by atoms with E-state index in [-0.39, 0.29) is 24.4 Å². The molecule has 0 saturated heterocycles. The van der Waals surface area contributed by atoms with E-state index in [0.29, 0.717) is 17.5 Å². The second-order valence-corrected chi connectivity index (χ2v) is 6.56. The van der Waals surface area contributed by atoms with Crippen molar-refractivity contribution in [3.63, 3.8) is 0 Å². The molecule has 0 fully saturated rings. The van der Waals surface area contributed by atoms with Crippen LogP contribution in [0, 0.1) is 11.6 Å². The molecule has 148 valence electrons. The van der Waals surface area contributed by atoms with Crippen molar-refractivity contribution in [3.8, 4) is 17.1 Å². The minimum atomic E-state index is -1.80. The van der Waals surface area contributed by atoms with Crippen LogP contribution in [0.25, 0.3) is 11.4 Å². The van der Waals surface area contributed by atoms with E-state index in [1.807, 2.05) is 0 Å². The molecule has 0 spiro atoms. The minimum Gasteiger partial charge on any atom is -0.508 e. The fourth-order valence-electron chi connectivity index (χ4n) is 3.05. The van der Waals surface area contributed by atoms with E-state index in [2.05, 4.69) is 20.2 Å². The molecule has 4 aromatic rings. The predicted octanol–water partition coefficient (Wildman–Crippen LogP) is 2.11. The Morgan fingerprint density at radius 2 is 1.72 bits per heavy atom. The van der Waals surface area contributed by atoms with Crippen molar-refractivity contribution < 1.29 is 19.0 Å². The zero-order valence-corrected chi connectivity index (χ0v) is 15.0. The molecular formula is C19H16F2N6O2. The highest BCUT2D eigenvalue weighted by molar-refractivity contribution is 5.55. The van der Waals surface area contributed by atoms with Gasteiger partial charge in [0.15, 0.2) is 5.82 Å². The molecule has 0 aliphatic carbocycles. The Balaban J connectivity index is 1.68. The van der Waals surface area contributed by atoms with Crippen molar-refractivity contribution in [2.24, 2.45) is 0 Å². The van der Waals surface area contributed by atoms with E-state index < -0.39 is 17.2 Å². The molecule has 0 aliphatic rings. The summed E-state index contributed by atoms with van der Waals surface area (Å²) in [5.41, 5.74) is -1.24. The van der Waals surface area contributed by atoms with Crippen LogP contribution in [0.4, 0.5) is 8.78 Å². The largest absolute Gasteiger partial charge is 0.508 e. The van der Waals surface area contributed by atoms with Gasteiger partial charge in [-0.3, -0.25) is 0 Å². The second kappa shape index (κ2) is 7.40. The molecule has 0 radical (unpaired) electrons. The third kappa shape index (κ3) is 3.97. The summed E-state index contributed by atoms with van der Waals surface area (Å²) >= 11 is 0. The number of phenols is 1. The summed E-state index contributed by atoms with van der Waals surface area (Å²) in [7, 11) is 0. The normalized spacial score (nSPS) is 13.3. The van der Waals surface area contributed by atoms with Crippen molar-refractivity contribution in [1.82, 2.24) is 29.5 Å². The summed E-state index contributed by atoms with van der Waals surface area (Å²) in [5, 5.41) is 29.0. The molecule has 2 aromatic carbocycles. The van der Waals surface area contributed by atoms with Crippen LogP contribution in [-0.2, 0) is 18.7 Å². The topological polar surface area (TPSA) is 102 Å². The fourth-order valence-corrected chi connectivity index (χ4v) is 3.05. The number of aliphatic hydroxyl groups is 1. The second-order valence-electron chi connectivity index (χ2n) is 6.56. The summed E-state index contributed by atoms with van der Waals surface area (Å²) in [6.07, 6.45) is 4.07. The number of aromatic hydroxyl groups is 1. The van der Waals surface area contributed by atoms with Gasteiger partial charge < -0.3 is 10.2 Å². The molecule has 29 heavy (non-hydrogen) atoms. The van der Waals surface area contributed by atoms with Crippen molar-refractivity contribution in [2.75, 3.05) is 0 Å². The molecule has 1 unspecified atom stereocenters. The highest BCUT2D eigenvalue weighted by Gasteiger charge is 2.34. The molecule has 0 aliphatic heterocycles. The quantitative estimate of drug-likeness (QED) is 0.516. The molecule has 0 saturated carbocycles. The van der Waals surface area contributed by atoms with E-state index in [1.54, 1.807) is 12.1 Å². The fraction of sp³-hybridized carbons (Fsp3) is 0.158. The van der Waals surface area contributed by atoms with Gasteiger partial charge >= 0.3 is 0 Å². The molecule has 0 bridgehead atoms. The summed E-state index contributed by atoms with van der Waals surface area (Å²) in [5.74, 6) is -1.15. The molecule has 2 heterocycles. The SMILES string of the molecule is Oc1ccc(-c2ncn(CC(O)(Cn3cncn3)c3ccc(F)cc3F)n2)cc1. The van der Waals surface area contributed by atoms with E-state index in [9.17, 15) is 19.0 Å². The first-order valence-corrected chi connectivity index (χ1v) is 8.62. The summed E-state index contributed by atoms with van der Waals surface area (Å²) < 4.78 is 30.5. The molecule has 10 heteroatoms. The van der Waals surface area contributed by atoms with Crippen molar-refractivity contribution in [1.29, 1.82) is 0 Å². The lowest BCUT2D eigenvalue weighted by Crippen LogP contribution is -2.37. The van der Waals surface area contributed by atoms with Crippen LogP contribution in [-0.4, -0.2) is 39.7 Å². The molecule has 1 atom stereocenters. The number of hydrogen-bond donors (Lipinski definition) is 2. The number of phenolic OH excluding ortho intramolecular Hbond substituents is 1. The third-order valence-electron chi connectivity index (χ3n) is 4.41. The Kier molecular flexibility index (Phi) is 4.77. The number of aromatic nitrogens is 6. The van der Waals surface area contributed by atoms with Crippen LogP contribution in [0.3, 0.4) is 0 Å². The molecular weight excluding hydrogens is 382 g/mol. The first-order chi connectivity index (χ1) is 13.9. The highest BCUT2D eigenvalue weighted by atomic mass is 19.1.